The number of aromatic hydroxyl groups is 1. The topological polar surface area (TPSA) is 70.6 Å². The SMILES string of the molecule is CC1=C(c2ccc3cn[nH]c3c2)C(c2ccc(OCC(C)N3CCC(C)C3)cc2)Oc2ccc(O)cc21. The second-order valence-electron chi connectivity index (χ2n) is 10.5. The van der Waals surface area contributed by atoms with Gasteiger partial charge in [-0.2, -0.15) is 5.10 Å². The van der Waals surface area contributed by atoms with Crippen LogP contribution in [0.3, 0.4) is 0 Å². The first kappa shape index (κ1) is 23.6. The van der Waals surface area contributed by atoms with Crippen LogP contribution in [0.25, 0.3) is 22.0 Å². The fourth-order valence-corrected chi connectivity index (χ4v) is 5.58. The Morgan fingerprint density at radius 1 is 1.14 bits per heavy atom. The molecule has 6 nitrogen and oxygen atoms in total. The molecule has 3 atom stereocenters. The number of H-pyrrole nitrogens is 1. The van der Waals surface area contributed by atoms with Crippen LogP contribution in [0.4, 0.5) is 0 Å². The molecule has 190 valence electrons. The lowest BCUT2D eigenvalue weighted by molar-refractivity contribution is 0.169. The molecule has 6 heteroatoms. The lowest BCUT2D eigenvalue weighted by atomic mass is 9.86. The van der Waals surface area contributed by atoms with Crippen LogP contribution in [0.2, 0.25) is 0 Å². The number of hydrogen-bond acceptors (Lipinski definition) is 5. The zero-order valence-corrected chi connectivity index (χ0v) is 21.6. The molecule has 1 saturated heterocycles. The number of phenols is 1. The van der Waals surface area contributed by atoms with Crippen LogP contribution in [0.5, 0.6) is 17.2 Å². The molecule has 4 aromatic rings. The summed E-state index contributed by atoms with van der Waals surface area (Å²) >= 11 is 0. The van der Waals surface area contributed by atoms with Gasteiger partial charge in [0.15, 0.2) is 0 Å². The van der Waals surface area contributed by atoms with Crippen molar-refractivity contribution in [3.05, 3.63) is 83.6 Å². The molecule has 37 heavy (non-hydrogen) atoms. The van der Waals surface area contributed by atoms with E-state index in [2.05, 4.69) is 66.2 Å². The van der Waals surface area contributed by atoms with E-state index in [0.717, 1.165) is 69.2 Å². The van der Waals surface area contributed by atoms with Crippen LogP contribution in [-0.2, 0) is 0 Å². The number of ether oxygens (including phenoxy) is 2. The van der Waals surface area contributed by atoms with Gasteiger partial charge in [0.05, 0.1) is 11.7 Å². The van der Waals surface area contributed by atoms with E-state index in [1.54, 1.807) is 12.1 Å². The minimum atomic E-state index is -0.295. The number of phenolic OH excluding ortho intramolecular Hbond substituents is 1. The number of hydrogen-bond donors (Lipinski definition) is 2. The third-order valence-corrected chi connectivity index (χ3v) is 7.78. The van der Waals surface area contributed by atoms with E-state index < -0.39 is 0 Å². The summed E-state index contributed by atoms with van der Waals surface area (Å²) in [6, 6.07) is 20.2. The Balaban J connectivity index is 1.29. The van der Waals surface area contributed by atoms with Gasteiger partial charge in [0.1, 0.15) is 30.0 Å². The molecule has 3 unspecified atom stereocenters. The molecule has 6 rings (SSSR count). The monoisotopic (exact) mass is 495 g/mol. The average Bonchev–Trinajstić information content (AvgIpc) is 3.56. The molecule has 1 fully saturated rings. The lowest BCUT2D eigenvalue weighted by Crippen LogP contribution is -2.35. The van der Waals surface area contributed by atoms with Crippen LogP contribution in [-0.4, -0.2) is 45.9 Å². The molecular weight excluding hydrogens is 462 g/mol. The van der Waals surface area contributed by atoms with E-state index in [-0.39, 0.29) is 11.9 Å². The average molecular weight is 496 g/mol. The number of benzene rings is 3. The van der Waals surface area contributed by atoms with Crippen molar-refractivity contribution in [2.75, 3.05) is 19.7 Å². The Bertz CT molecular complexity index is 1460. The Labute approximate surface area is 217 Å². The van der Waals surface area contributed by atoms with Gasteiger partial charge in [-0.25, -0.2) is 0 Å². The first-order chi connectivity index (χ1) is 18.0. The predicted molar refractivity (Wildman–Crippen MR) is 147 cm³/mol. The summed E-state index contributed by atoms with van der Waals surface area (Å²) in [5, 5.41) is 18.5. The predicted octanol–water partition coefficient (Wildman–Crippen LogP) is 6.44. The van der Waals surface area contributed by atoms with Crippen molar-refractivity contribution in [2.45, 2.75) is 39.3 Å². The summed E-state index contributed by atoms with van der Waals surface area (Å²) in [6.45, 7) is 9.64. The molecule has 1 aromatic heterocycles. The molecule has 2 aliphatic heterocycles. The molecular formula is C31H33N3O3. The summed E-state index contributed by atoms with van der Waals surface area (Å²) in [5.41, 5.74) is 6.13. The van der Waals surface area contributed by atoms with Gasteiger partial charge in [0, 0.05) is 29.1 Å². The van der Waals surface area contributed by atoms with E-state index in [1.165, 1.54) is 6.42 Å². The number of nitrogens with zero attached hydrogens (tertiary/aromatic N) is 2. The number of allylic oxidation sites excluding steroid dienone is 1. The van der Waals surface area contributed by atoms with E-state index in [0.29, 0.717) is 12.6 Å². The zero-order chi connectivity index (χ0) is 25.5. The van der Waals surface area contributed by atoms with Gasteiger partial charge in [0.25, 0.3) is 0 Å². The smallest absolute Gasteiger partial charge is 0.150 e. The quantitative estimate of drug-likeness (QED) is 0.322. The van der Waals surface area contributed by atoms with Gasteiger partial charge in [-0.1, -0.05) is 31.2 Å². The van der Waals surface area contributed by atoms with Crippen LogP contribution in [0.15, 0.2) is 66.9 Å². The summed E-state index contributed by atoms with van der Waals surface area (Å²) in [7, 11) is 0. The van der Waals surface area contributed by atoms with Crippen LogP contribution in [0.1, 0.15) is 50.0 Å². The summed E-state index contributed by atoms with van der Waals surface area (Å²) in [5.74, 6) is 2.62. The molecule has 0 bridgehead atoms. The number of fused-ring (bicyclic) bond motifs is 2. The number of aromatic amines is 1. The Hall–Kier alpha value is -3.77. The van der Waals surface area contributed by atoms with Crippen molar-refractivity contribution in [1.29, 1.82) is 0 Å². The van der Waals surface area contributed by atoms with Gasteiger partial charge in [-0.3, -0.25) is 10.00 Å². The number of likely N-dealkylation sites (tertiary alicyclic amines) is 1. The number of nitrogens with one attached hydrogen (secondary N) is 1. The fraction of sp³-hybridized carbons (Fsp3) is 0.323. The second-order valence-corrected chi connectivity index (χ2v) is 10.5. The highest BCUT2D eigenvalue weighted by molar-refractivity contribution is 5.97. The van der Waals surface area contributed by atoms with Crippen molar-refractivity contribution >= 4 is 22.0 Å². The molecule has 3 heterocycles. The zero-order valence-electron chi connectivity index (χ0n) is 21.6. The molecule has 0 amide bonds. The third-order valence-electron chi connectivity index (χ3n) is 7.78. The fourth-order valence-electron chi connectivity index (χ4n) is 5.58. The van der Waals surface area contributed by atoms with E-state index in [4.69, 9.17) is 9.47 Å². The maximum atomic E-state index is 10.2. The first-order valence-electron chi connectivity index (χ1n) is 13.1. The molecule has 3 aromatic carbocycles. The van der Waals surface area contributed by atoms with Crippen molar-refractivity contribution in [3.63, 3.8) is 0 Å². The van der Waals surface area contributed by atoms with Crippen molar-refractivity contribution in [2.24, 2.45) is 5.92 Å². The minimum absolute atomic E-state index is 0.225. The van der Waals surface area contributed by atoms with Crippen molar-refractivity contribution in [3.8, 4) is 17.2 Å². The maximum absolute atomic E-state index is 10.2. The highest BCUT2D eigenvalue weighted by Gasteiger charge is 2.30. The Morgan fingerprint density at radius 3 is 2.76 bits per heavy atom. The van der Waals surface area contributed by atoms with Crippen molar-refractivity contribution in [1.82, 2.24) is 15.1 Å². The molecule has 0 spiro atoms. The van der Waals surface area contributed by atoms with Crippen LogP contribution in [0, 0.1) is 5.92 Å². The van der Waals surface area contributed by atoms with Gasteiger partial charge >= 0.3 is 0 Å². The lowest BCUT2D eigenvalue weighted by Gasteiger charge is -2.31. The molecule has 0 saturated carbocycles. The summed E-state index contributed by atoms with van der Waals surface area (Å²) in [6.07, 6.45) is 2.80. The molecule has 2 N–H and O–H groups in total. The highest BCUT2D eigenvalue weighted by atomic mass is 16.5. The van der Waals surface area contributed by atoms with Gasteiger partial charge in [-0.05, 0) is 85.8 Å². The highest BCUT2D eigenvalue weighted by Crippen LogP contribution is 2.47. The maximum Gasteiger partial charge on any atom is 0.150 e. The second kappa shape index (κ2) is 9.60. The number of rotatable bonds is 6. The largest absolute Gasteiger partial charge is 0.508 e. The molecule has 2 aliphatic rings. The third kappa shape index (κ3) is 4.58. The molecule has 0 radical (unpaired) electrons. The van der Waals surface area contributed by atoms with E-state index in [9.17, 15) is 5.11 Å². The van der Waals surface area contributed by atoms with Crippen LogP contribution >= 0.6 is 0 Å². The van der Waals surface area contributed by atoms with Gasteiger partial charge < -0.3 is 14.6 Å². The van der Waals surface area contributed by atoms with Gasteiger partial charge in [-0.15, -0.1) is 0 Å². The van der Waals surface area contributed by atoms with E-state index >= 15 is 0 Å². The number of aromatic nitrogens is 2. The first-order valence-corrected chi connectivity index (χ1v) is 13.1. The standard InChI is InChI=1S/C31H33N3O3/c1-19-12-13-34(17-19)20(2)18-36-26-9-6-22(7-10-26)31-30(23-4-5-24-16-32-33-28(24)14-23)21(3)27-15-25(35)8-11-29(27)37-31/h4-11,14-16,19-20,31,35H,12-13,17-18H2,1-3H3,(H,32,33). The Kier molecular flexibility index (Phi) is 6.13. The normalized spacial score (nSPS) is 20.6. The Morgan fingerprint density at radius 2 is 1.97 bits per heavy atom. The van der Waals surface area contributed by atoms with Gasteiger partial charge in [0.2, 0.25) is 0 Å². The van der Waals surface area contributed by atoms with E-state index in [1.807, 2.05) is 24.4 Å². The minimum Gasteiger partial charge on any atom is -0.508 e. The summed E-state index contributed by atoms with van der Waals surface area (Å²) in [4.78, 5) is 2.51. The van der Waals surface area contributed by atoms with Crippen LogP contribution < -0.4 is 9.47 Å². The molecule has 0 aliphatic carbocycles. The van der Waals surface area contributed by atoms with Crippen molar-refractivity contribution < 1.29 is 14.6 Å². The summed E-state index contributed by atoms with van der Waals surface area (Å²) < 4.78 is 12.7.